The largest absolute Gasteiger partial charge is 0.356 e. The van der Waals surface area contributed by atoms with Crippen molar-refractivity contribution in [2.24, 2.45) is 11.8 Å². The Morgan fingerprint density at radius 2 is 1.82 bits per heavy atom. The monoisotopic (exact) mass is 426 g/mol. The lowest BCUT2D eigenvalue weighted by Crippen LogP contribution is -2.33. The third-order valence-electron chi connectivity index (χ3n) is 6.01. The van der Waals surface area contributed by atoms with Gasteiger partial charge in [0.15, 0.2) is 0 Å². The molecule has 1 saturated carbocycles. The molecule has 1 unspecified atom stereocenters. The fourth-order valence-electron chi connectivity index (χ4n) is 4.29. The van der Waals surface area contributed by atoms with E-state index in [4.69, 9.17) is 11.6 Å². The van der Waals surface area contributed by atoms with Gasteiger partial charge in [0.2, 0.25) is 15.9 Å². The topological polar surface area (TPSA) is 66.5 Å². The van der Waals surface area contributed by atoms with Crippen LogP contribution < -0.4 is 5.32 Å². The molecule has 1 aromatic carbocycles. The highest BCUT2D eigenvalue weighted by molar-refractivity contribution is 7.89. The van der Waals surface area contributed by atoms with Crippen molar-refractivity contribution in [2.45, 2.75) is 62.7 Å². The number of carbonyl (C=O) groups is 1. The normalized spacial score (nSPS) is 22.5. The van der Waals surface area contributed by atoms with Crippen LogP contribution in [0.1, 0.15) is 57.8 Å². The number of amides is 1. The molecule has 2 fully saturated rings. The number of hydrogen-bond donors (Lipinski definition) is 1. The standard InChI is InChI=1S/C21H31ClN2O3S/c22-19-9-6-10-20(15-19)28(26,27)24-14-12-17(16-24)11-13-23-21(25)18-7-4-2-1-3-5-8-18/h6,9-10,15,17-18H,1-5,7-8,11-14,16H2,(H,23,25). The van der Waals surface area contributed by atoms with Crippen molar-refractivity contribution < 1.29 is 13.2 Å². The van der Waals surface area contributed by atoms with E-state index in [2.05, 4.69) is 5.32 Å². The number of nitrogens with one attached hydrogen (secondary N) is 1. The van der Waals surface area contributed by atoms with Crippen molar-refractivity contribution in [1.82, 2.24) is 9.62 Å². The Morgan fingerprint density at radius 3 is 2.54 bits per heavy atom. The molecule has 5 nitrogen and oxygen atoms in total. The highest BCUT2D eigenvalue weighted by Crippen LogP contribution is 2.27. The summed E-state index contributed by atoms with van der Waals surface area (Å²) in [5, 5.41) is 3.52. The summed E-state index contributed by atoms with van der Waals surface area (Å²) in [6, 6.07) is 6.42. The van der Waals surface area contributed by atoms with Gasteiger partial charge in [0, 0.05) is 30.6 Å². The van der Waals surface area contributed by atoms with Crippen LogP contribution in [0, 0.1) is 11.8 Å². The quantitative estimate of drug-likeness (QED) is 0.740. The zero-order valence-electron chi connectivity index (χ0n) is 16.4. The second-order valence-corrected chi connectivity index (χ2v) is 10.5. The SMILES string of the molecule is O=C(NCCC1CCN(S(=O)(=O)c2cccc(Cl)c2)C1)C1CCCCCCC1. The van der Waals surface area contributed by atoms with Crippen LogP contribution >= 0.6 is 11.6 Å². The van der Waals surface area contributed by atoms with Crippen molar-refractivity contribution in [1.29, 1.82) is 0 Å². The molecule has 1 aliphatic heterocycles. The minimum atomic E-state index is -3.50. The molecule has 1 heterocycles. The van der Waals surface area contributed by atoms with Gasteiger partial charge in [0.05, 0.1) is 4.90 Å². The van der Waals surface area contributed by atoms with Crippen molar-refractivity contribution in [2.75, 3.05) is 19.6 Å². The van der Waals surface area contributed by atoms with Crippen LogP contribution in [0.3, 0.4) is 0 Å². The Balaban J connectivity index is 1.45. The summed E-state index contributed by atoms with van der Waals surface area (Å²) in [5.74, 6) is 0.624. The third-order valence-corrected chi connectivity index (χ3v) is 8.11. The van der Waals surface area contributed by atoms with Gasteiger partial charge < -0.3 is 5.32 Å². The number of sulfonamides is 1. The summed E-state index contributed by atoms with van der Waals surface area (Å²) < 4.78 is 27.1. The summed E-state index contributed by atoms with van der Waals surface area (Å²) in [6.45, 7) is 1.66. The highest BCUT2D eigenvalue weighted by atomic mass is 35.5. The third kappa shape index (κ3) is 5.71. The Hall–Kier alpha value is -1.11. The molecule has 1 aliphatic carbocycles. The fourth-order valence-corrected chi connectivity index (χ4v) is 6.12. The van der Waals surface area contributed by atoms with E-state index in [9.17, 15) is 13.2 Å². The maximum absolute atomic E-state index is 12.8. The van der Waals surface area contributed by atoms with Crippen molar-refractivity contribution in [3.8, 4) is 0 Å². The molecule has 28 heavy (non-hydrogen) atoms. The van der Waals surface area contributed by atoms with Crippen LogP contribution in [-0.4, -0.2) is 38.3 Å². The van der Waals surface area contributed by atoms with E-state index in [0.29, 0.717) is 24.7 Å². The lowest BCUT2D eigenvalue weighted by Gasteiger charge is -2.20. The second-order valence-electron chi connectivity index (χ2n) is 8.10. The number of hydrogen-bond acceptors (Lipinski definition) is 3. The van der Waals surface area contributed by atoms with Crippen LogP contribution in [0.5, 0.6) is 0 Å². The Labute approximate surface area is 173 Å². The van der Waals surface area contributed by atoms with Crippen LogP contribution in [-0.2, 0) is 14.8 Å². The summed E-state index contributed by atoms with van der Waals surface area (Å²) in [4.78, 5) is 12.7. The zero-order chi connectivity index (χ0) is 20.0. The second kappa shape index (κ2) is 10.1. The molecule has 0 radical (unpaired) electrons. The highest BCUT2D eigenvalue weighted by Gasteiger charge is 2.32. The summed E-state index contributed by atoms with van der Waals surface area (Å²) >= 11 is 5.94. The molecule has 156 valence electrons. The molecule has 7 heteroatoms. The maximum atomic E-state index is 12.8. The van der Waals surface area contributed by atoms with Gasteiger partial charge in [0.25, 0.3) is 0 Å². The first-order valence-corrected chi connectivity index (χ1v) is 12.3. The lowest BCUT2D eigenvalue weighted by atomic mass is 9.90. The smallest absolute Gasteiger partial charge is 0.243 e. The van der Waals surface area contributed by atoms with E-state index in [1.54, 1.807) is 22.5 Å². The molecule has 3 rings (SSSR count). The van der Waals surface area contributed by atoms with E-state index >= 15 is 0 Å². The predicted octanol–water partition coefficient (Wildman–Crippen LogP) is 4.22. The summed E-state index contributed by atoms with van der Waals surface area (Å²) in [5.41, 5.74) is 0. The number of rotatable bonds is 6. The van der Waals surface area contributed by atoms with E-state index in [1.165, 1.54) is 25.3 Å². The molecule has 0 bridgehead atoms. The maximum Gasteiger partial charge on any atom is 0.243 e. The number of nitrogens with zero attached hydrogens (tertiary/aromatic N) is 1. The minimum absolute atomic E-state index is 0.156. The van der Waals surface area contributed by atoms with Crippen LogP contribution in [0.25, 0.3) is 0 Å². The number of halogens is 1. The van der Waals surface area contributed by atoms with Gasteiger partial charge in [-0.15, -0.1) is 0 Å². The van der Waals surface area contributed by atoms with Crippen LogP contribution in [0.15, 0.2) is 29.2 Å². The van der Waals surface area contributed by atoms with Gasteiger partial charge in [-0.1, -0.05) is 49.8 Å². The van der Waals surface area contributed by atoms with Gasteiger partial charge in [0.1, 0.15) is 0 Å². The summed E-state index contributed by atoms with van der Waals surface area (Å²) in [7, 11) is -3.50. The van der Waals surface area contributed by atoms with Gasteiger partial charge >= 0.3 is 0 Å². The Kier molecular flexibility index (Phi) is 7.77. The molecular formula is C21H31ClN2O3S. The molecule has 1 amide bonds. The van der Waals surface area contributed by atoms with E-state index in [0.717, 1.165) is 38.5 Å². The van der Waals surface area contributed by atoms with Crippen LogP contribution in [0.4, 0.5) is 0 Å². The molecule has 1 saturated heterocycles. The van der Waals surface area contributed by atoms with Crippen LogP contribution in [0.2, 0.25) is 5.02 Å². The average Bonchev–Trinajstić information content (AvgIpc) is 3.11. The number of carbonyl (C=O) groups excluding carboxylic acids is 1. The average molecular weight is 427 g/mol. The Bertz CT molecular complexity index is 761. The van der Waals surface area contributed by atoms with Gasteiger partial charge in [-0.3, -0.25) is 4.79 Å². The first-order valence-electron chi connectivity index (χ1n) is 10.5. The minimum Gasteiger partial charge on any atom is -0.356 e. The fraction of sp³-hybridized carbons (Fsp3) is 0.667. The first kappa shape index (κ1) is 21.6. The van der Waals surface area contributed by atoms with E-state index < -0.39 is 10.0 Å². The molecule has 1 N–H and O–H groups in total. The number of benzene rings is 1. The van der Waals surface area contributed by atoms with Crippen molar-refractivity contribution in [3.63, 3.8) is 0 Å². The van der Waals surface area contributed by atoms with E-state index in [1.807, 2.05) is 0 Å². The van der Waals surface area contributed by atoms with Gasteiger partial charge in [-0.2, -0.15) is 4.31 Å². The molecule has 2 aliphatic rings. The summed E-state index contributed by atoms with van der Waals surface area (Å²) in [6.07, 6.45) is 9.73. The molecule has 0 aromatic heterocycles. The first-order chi connectivity index (χ1) is 13.5. The van der Waals surface area contributed by atoms with Gasteiger partial charge in [-0.25, -0.2) is 8.42 Å². The molecular weight excluding hydrogens is 396 g/mol. The van der Waals surface area contributed by atoms with E-state index in [-0.39, 0.29) is 22.6 Å². The lowest BCUT2D eigenvalue weighted by molar-refractivity contribution is -0.125. The molecule has 1 aromatic rings. The van der Waals surface area contributed by atoms with Gasteiger partial charge in [-0.05, 0) is 49.8 Å². The van der Waals surface area contributed by atoms with Crippen molar-refractivity contribution in [3.05, 3.63) is 29.3 Å². The Morgan fingerprint density at radius 1 is 1.11 bits per heavy atom. The zero-order valence-corrected chi connectivity index (χ0v) is 18.0. The van der Waals surface area contributed by atoms with Crippen molar-refractivity contribution >= 4 is 27.5 Å². The molecule has 1 atom stereocenters. The molecule has 0 spiro atoms. The predicted molar refractivity (Wildman–Crippen MR) is 112 cm³/mol.